The Labute approximate surface area is 280 Å². The Bertz CT molecular complexity index is 2170. The largest absolute Gasteiger partial charge is 0.309 e. The lowest BCUT2D eigenvalue weighted by molar-refractivity contribution is 0.569. The first-order chi connectivity index (χ1) is 22.6. The summed E-state index contributed by atoms with van der Waals surface area (Å²) in [5.41, 5.74) is 11.2. The molecule has 7 rings (SSSR count). The lowest BCUT2D eigenvalue weighted by Crippen LogP contribution is -2.16. The van der Waals surface area contributed by atoms with Crippen molar-refractivity contribution in [2.75, 3.05) is 4.90 Å². The molecule has 0 fully saturated rings. The third kappa shape index (κ3) is 5.83. The van der Waals surface area contributed by atoms with Crippen molar-refractivity contribution in [1.82, 2.24) is 0 Å². The Hall–Kier alpha value is -5.14. The van der Waals surface area contributed by atoms with Gasteiger partial charge >= 0.3 is 0 Å². The van der Waals surface area contributed by atoms with Gasteiger partial charge in [-0.25, -0.2) is 0 Å². The fourth-order valence-corrected chi connectivity index (χ4v) is 6.74. The molecule has 0 aliphatic rings. The van der Waals surface area contributed by atoms with Crippen LogP contribution in [-0.2, 0) is 10.8 Å². The van der Waals surface area contributed by atoms with Gasteiger partial charge in [-0.1, -0.05) is 169 Å². The molecule has 0 atom stereocenters. The maximum absolute atomic E-state index is 2.43. The van der Waals surface area contributed by atoms with Crippen molar-refractivity contribution >= 4 is 38.6 Å². The van der Waals surface area contributed by atoms with Crippen LogP contribution in [0.2, 0.25) is 0 Å². The highest BCUT2D eigenvalue weighted by Gasteiger charge is 2.23. The molecule has 0 radical (unpaired) electrons. The highest BCUT2D eigenvalue weighted by Crippen LogP contribution is 2.46. The van der Waals surface area contributed by atoms with Gasteiger partial charge in [-0.3, -0.25) is 0 Å². The number of hydrogen-bond acceptors (Lipinski definition) is 1. The van der Waals surface area contributed by atoms with Crippen molar-refractivity contribution in [3.63, 3.8) is 0 Å². The fraction of sp³-hybridized carbons (Fsp3) is 0.174. The number of para-hydroxylation sites is 2. The van der Waals surface area contributed by atoms with E-state index in [2.05, 4.69) is 198 Å². The zero-order valence-electron chi connectivity index (χ0n) is 28.4. The molecule has 232 valence electrons. The topological polar surface area (TPSA) is 3.24 Å². The summed E-state index contributed by atoms with van der Waals surface area (Å²) in [6, 6.07) is 55.7. The van der Waals surface area contributed by atoms with Crippen LogP contribution in [0.15, 0.2) is 152 Å². The molecule has 0 saturated heterocycles. The number of anilines is 3. The van der Waals surface area contributed by atoms with Crippen LogP contribution in [0.5, 0.6) is 0 Å². The first-order valence-electron chi connectivity index (χ1n) is 16.7. The van der Waals surface area contributed by atoms with Crippen LogP contribution in [0.4, 0.5) is 17.1 Å². The predicted octanol–water partition coefficient (Wildman–Crippen LogP) is 13.4. The Morgan fingerprint density at radius 1 is 0.404 bits per heavy atom. The average Bonchev–Trinajstić information content (AvgIpc) is 3.08. The van der Waals surface area contributed by atoms with E-state index in [1.807, 2.05) is 0 Å². The molecule has 0 spiro atoms. The van der Waals surface area contributed by atoms with E-state index in [1.54, 1.807) is 0 Å². The summed E-state index contributed by atoms with van der Waals surface area (Å²) in [5.74, 6) is 0. The van der Waals surface area contributed by atoms with E-state index in [-0.39, 0.29) is 10.8 Å². The maximum Gasteiger partial charge on any atom is 0.0540 e. The third-order valence-corrected chi connectivity index (χ3v) is 9.34. The summed E-state index contributed by atoms with van der Waals surface area (Å²) in [6.07, 6.45) is 0. The lowest BCUT2D eigenvalue weighted by atomic mass is 9.78. The standard InChI is InChI=1S/C46H43N/c1-45(2,3)35-29-34(30-36(31-35)46(4,5)6)39-25-14-19-33-20-15-26-41(44(33)39)40-24-12-13-27-43(40)47(37-21-8-7-9-22-37)42-28-16-18-32-17-10-11-23-38(32)42/h7-31H,1-6H3. The second-order valence-electron chi connectivity index (χ2n) is 14.7. The molecule has 0 amide bonds. The van der Waals surface area contributed by atoms with Crippen molar-refractivity contribution in [1.29, 1.82) is 0 Å². The second-order valence-corrected chi connectivity index (χ2v) is 14.7. The van der Waals surface area contributed by atoms with E-state index in [0.29, 0.717) is 0 Å². The molecule has 0 aromatic heterocycles. The van der Waals surface area contributed by atoms with Gasteiger partial charge in [-0.2, -0.15) is 0 Å². The normalized spacial score (nSPS) is 12.0. The van der Waals surface area contributed by atoms with Crippen LogP contribution >= 0.6 is 0 Å². The first-order valence-corrected chi connectivity index (χ1v) is 16.7. The van der Waals surface area contributed by atoms with Gasteiger partial charge in [-0.05, 0) is 79.1 Å². The van der Waals surface area contributed by atoms with Gasteiger partial charge in [0, 0.05) is 16.6 Å². The molecule has 47 heavy (non-hydrogen) atoms. The van der Waals surface area contributed by atoms with Crippen LogP contribution in [0, 0.1) is 0 Å². The molecule has 0 bridgehead atoms. The van der Waals surface area contributed by atoms with E-state index in [1.165, 1.54) is 54.9 Å². The van der Waals surface area contributed by atoms with Crippen molar-refractivity contribution < 1.29 is 0 Å². The van der Waals surface area contributed by atoms with Crippen molar-refractivity contribution in [2.24, 2.45) is 0 Å². The van der Waals surface area contributed by atoms with Crippen molar-refractivity contribution in [3.8, 4) is 22.3 Å². The molecular formula is C46H43N. The summed E-state index contributed by atoms with van der Waals surface area (Å²) >= 11 is 0. The Morgan fingerprint density at radius 2 is 0.915 bits per heavy atom. The highest BCUT2D eigenvalue weighted by atomic mass is 15.1. The van der Waals surface area contributed by atoms with Crippen LogP contribution < -0.4 is 4.90 Å². The van der Waals surface area contributed by atoms with Gasteiger partial charge in [0.25, 0.3) is 0 Å². The van der Waals surface area contributed by atoms with E-state index in [9.17, 15) is 0 Å². The van der Waals surface area contributed by atoms with Gasteiger partial charge in [-0.15, -0.1) is 0 Å². The van der Waals surface area contributed by atoms with E-state index >= 15 is 0 Å². The molecule has 1 nitrogen and oxygen atoms in total. The van der Waals surface area contributed by atoms with Crippen LogP contribution in [-0.4, -0.2) is 0 Å². The molecule has 0 N–H and O–H groups in total. The summed E-state index contributed by atoms with van der Waals surface area (Å²) < 4.78 is 0. The van der Waals surface area contributed by atoms with Gasteiger partial charge in [0.05, 0.1) is 11.4 Å². The molecule has 1 heteroatoms. The zero-order valence-corrected chi connectivity index (χ0v) is 28.4. The van der Waals surface area contributed by atoms with Gasteiger partial charge < -0.3 is 4.90 Å². The van der Waals surface area contributed by atoms with Gasteiger partial charge in [0.1, 0.15) is 0 Å². The van der Waals surface area contributed by atoms with Crippen molar-refractivity contribution in [2.45, 2.75) is 52.4 Å². The minimum absolute atomic E-state index is 0.0324. The van der Waals surface area contributed by atoms with E-state index < -0.39 is 0 Å². The summed E-state index contributed by atoms with van der Waals surface area (Å²) in [7, 11) is 0. The maximum atomic E-state index is 2.43. The van der Waals surface area contributed by atoms with E-state index in [4.69, 9.17) is 0 Å². The minimum atomic E-state index is 0.0324. The summed E-state index contributed by atoms with van der Waals surface area (Å²) in [6.45, 7) is 13.9. The molecule has 7 aromatic rings. The molecule has 0 aliphatic heterocycles. The smallest absolute Gasteiger partial charge is 0.0540 e. The fourth-order valence-electron chi connectivity index (χ4n) is 6.74. The quantitative estimate of drug-likeness (QED) is 0.188. The van der Waals surface area contributed by atoms with Gasteiger partial charge in [0.2, 0.25) is 0 Å². The highest BCUT2D eigenvalue weighted by molar-refractivity contribution is 6.09. The SMILES string of the molecule is CC(C)(C)c1cc(-c2cccc3cccc(-c4ccccc4N(c4ccccc4)c4cccc5ccccc45)c23)cc(C(C)(C)C)c1. The minimum Gasteiger partial charge on any atom is -0.309 e. The molecule has 0 saturated carbocycles. The average molecular weight is 610 g/mol. The number of nitrogens with zero attached hydrogens (tertiary/aromatic N) is 1. The third-order valence-electron chi connectivity index (χ3n) is 9.34. The molecule has 0 aliphatic carbocycles. The molecule has 0 heterocycles. The number of hydrogen-bond donors (Lipinski definition) is 0. The number of fused-ring (bicyclic) bond motifs is 2. The summed E-state index contributed by atoms with van der Waals surface area (Å²) in [5, 5.41) is 4.97. The van der Waals surface area contributed by atoms with Crippen LogP contribution in [0.25, 0.3) is 43.8 Å². The summed E-state index contributed by atoms with van der Waals surface area (Å²) in [4.78, 5) is 2.43. The molecular weight excluding hydrogens is 567 g/mol. The number of benzene rings is 7. The first kappa shape index (κ1) is 30.5. The predicted molar refractivity (Wildman–Crippen MR) is 204 cm³/mol. The Kier molecular flexibility index (Phi) is 7.73. The molecule has 0 unspecified atom stereocenters. The molecule has 7 aromatic carbocycles. The number of rotatable bonds is 5. The monoisotopic (exact) mass is 609 g/mol. The van der Waals surface area contributed by atoms with Crippen LogP contribution in [0.1, 0.15) is 52.7 Å². The second kappa shape index (κ2) is 11.9. The zero-order chi connectivity index (χ0) is 32.8. The Morgan fingerprint density at radius 3 is 1.62 bits per heavy atom. The van der Waals surface area contributed by atoms with Crippen LogP contribution in [0.3, 0.4) is 0 Å². The Balaban J connectivity index is 1.52. The van der Waals surface area contributed by atoms with Gasteiger partial charge in [0.15, 0.2) is 0 Å². The lowest BCUT2D eigenvalue weighted by Gasteiger charge is -2.29. The van der Waals surface area contributed by atoms with Crippen molar-refractivity contribution in [3.05, 3.63) is 163 Å². The van der Waals surface area contributed by atoms with E-state index in [0.717, 1.165) is 17.1 Å².